The SMILES string of the molecule is O=c1cc(OC(F)(F)F)[nH]c(I)c1F. The molecule has 1 aromatic heterocycles. The third kappa shape index (κ3) is 2.86. The standard InChI is InChI=1S/C6H2F4INO2/c7-4-2(13)1-3(12-5(4)11)14-6(8,9)10/h1H,(H,12,13). The maximum Gasteiger partial charge on any atom is 0.574 e. The fourth-order valence-corrected chi connectivity index (χ4v) is 1.20. The molecule has 0 bridgehead atoms. The molecule has 0 aromatic carbocycles. The molecule has 0 aliphatic heterocycles. The summed E-state index contributed by atoms with van der Waals surface area (Å²) < 4.78 is 50.7. The van der Waals surface area contributed by atoms with Crippen LogP contribution in [0.1, 0.15) is 0 Å². The summed E-state index contributed by atoms with van der Waals surface area (Å²) in [4.78, 5) is 12.6. The fraction of sp³-hybridized carbons (Fsp3) is 0.167. The van der Waals surface area contributed by atoms with Crippen molar-refractivity contribution >= 4 is 22.6 Å². The van der Waals surface area contributed by atoms with Crippen molar-refractivity contribution in [1.29, 1.82) is 0 Å². The molecule has 0 amide bonds. The second-order valence-electron chi connectivity index (χ2n) is 2.17. The highest BCUT2D eigenvalue weighted by atomic mass is 127. The van der Waals surface area contributed by atoms with Crippen molar-refractivity contribution in [1.82, 2.24) is 4.98 Å². The molecule has 0 fully saturated rings. The Labute approximate surface area is 88.2 Å². The summed E-state index contributed by atoms with van der Waals surface area (Å²) in [5.41, 5.74) is -1.16. The second kappa shape index (κ2) is 3.75. The minimum Gasteiger partial charge on any atom is -0.390 e. The molecule has 1 heterocycles. The number of aromatic amines is 1. The first-order chi connectivity index (χ1) is 6.29. The van der Waals surface area contributed by atoms with Gasteiger partial charge in [-0.05, 0) is 22.6 Å². The number of ether oxygens (including phenoxy) is 1. The number of pyridine rings is 1. The van der Waals surface area contributed by atoms with Crippen molar-refractivity contribution in [2.45, 2.75) is 6.36 Å². The van der Waals surface area contributed by atoms with Gasteiger partial charge in [-0.1, -0.05) is 0 Å². The van der Waals surface area contributed by atoms with Crippen LogP contribution in [0.25, 0.3) is 0 Å². The lowest BCUT2D eigenvalue weighted by Crippen LogP contribution is -2.20. The number of halogens is 5. The molecule has 1 N–H and O–H groups in total. The van der Waals surface area contributed by atoms with E-state index >= 15 is 0 Å². The minimum absolute atomic E-state index is 0.339. The molecule has 1 rings (SSSR count). The summed E-state index contributed by atoms with van der Waals surface area (Å²) >= 11 is 1.35. The van der Waals surface area contributed by atoms with Gasteiger partial charge in [-0.15, -0.1) is 13.2 Å². The Hall–Kier alpha value is -0.800. The summed E-state index contributed by atoms with van der Waals surface area (Å²) in [6.07, 6.45) is -4.91. The fourth-order valence-electron chi connectivity index (χ4n) is 0.669. The Kier molecular flexibility index (Phi) is 3.02. The van der Waals surface area contributed by atoms with Crippen LogP contribution in [-0.4, -0.2) is 11.3 Å². The lowest BCUT2D eigenvalue weighted by Gasteiger charge is -2.08. The highest BCUT2D eigenvalue weighted by Gasteiger charge is 2.32. The molecule has 14 heavy (non-hydrogen) atoms. The molecular formula is C6H2F4INO2. The molecular weight excluding hydrogens is 321 g/mol. The van der Waals surface area contributed by atoms with E-state index < -0.39 is 23.5 Å². The molecule has 0 atom stereocenters. The summed E-state index contributed by atoms with van der Waals surface area (Å²) in [6, 6.07) is 0.394. The maximum absolute atomic E-state index is 12.7. The maximum atomic E-state index is 12.7. The van der Waals surface area contributed by atoms with Gasteiger partial charge in [-0.3, -0.25) is 4.79 Å². The lowest BCUT2D eigenvalue weighted by atomic mass is 10.4. The Bertz CT molecular complexity index is 400. The van der Waals surface area contributed by atoms with Crippen LogP contribution >= 0.6 is 22.6 Å². The van der Waals surface area contributed by atoms with Crippen LogP contribution in [0, 0.1) is 9.52 Å². The largest absolute Gasteiger partial charge is 0.574 e. The molecule has 0 saturated carbocycles. The first-order valence-corrected chi connectivity index (χ1v) is 4.21. The molecule has 8 heteroatoms. The van der Waals surface area contributed by atoms with Crippen LogP contribution in [0.2, 0.25) is 0 Å². The highest BCUT2D eigenvalue weighted by Crippen LogP contribution is 2.20. The summed E-state index contributed by atoms with van der Waals surface area (Å²) in [7, 11) is 0. The van der Waals surface area contributed by atoms with Gasteiger partial charge in [0.1, 0.15) is 3.70 Å². The van der Waals surface area contributed by atoms with E-state index in [1.54, 1.807) is 0 Å². The Morgan fingerprint density at radius 1 is 1.43 bits per heavy atom. The van der Waals surface area contributed by atoms with Crippen LogP contribution < -0.4 is 10.2 Å². The van der Waals surface area contributed by atoms with Gasteiger partial charge in [-0.2, -0.15) is 4.39 Å². The van der Waals surface area contributed by atoms with Crippen molar-refractivity contribution in [3.8, 4) is 5.88 Å². The lowest BCUT2D eigenvalue weighted by molar-refractivity contribution is -0.276. The monoisotopic (exact) mass is 323 g/mol. The Morgan fingerprint density at radius 3 is 2.43 bits per heavy atom. The van der Waals surface area contributed by atoms with Crippen molar-refractivity contribution < 1.29 is 22.3 Å². The summed E-state index contributed by atoms with van der Waals surface area (Å²) in [5.74, 6) is -1.98. The summed E-state index contributed by atoms with van der Waals surface area (Å²) in [5, 5.41) is 0. The van der Waals surface area contributed by atoms with E-state index in [-0.39, 0.29) is 3.70 Å². The zero-order chi connectivity index (χ0) is 10.9. The van der Waals surface area contributed by atoms with Crippen molar-refractivity contribution in [2.75, 3.05) is 0 Å². The quantitative estimate of drug-likeness (QED) is 0.488. The number of alkyl halides is 3. The summed E-state index contributed by atoms with van der Waals surface area (Å²) in [6.45, 7) is 0. The van der Waals surface area contributed by atoms with Gasteiger partial charge < -0.3 is 9.72 Å². The van der Waals surface area contributed by atoms with Gasteiger partial charge in [0.2, 0.25) is 11.3 Å². The molecule has 0 saturated heterocycles. The van der Waals surface area contributed by atoms with Gasteiger partial charge in [0.25, 0.3) is 0 Å². The van der Waals surface area contributed by atoms with Gasteiger partial charge in [-0.25, -0.2) is 0 Å². The van der Waals surface area contributed by atoms with E-state index in [9.17, 15) is 22.4 Å². The predicted molar refractivity (Wildman–Crippen MR) is 46.4 cm³/mol. The number of hydrogen-bond acceptors (Lipinski definition) is 2. The average molecular weight is 323 g/mol. The van der Waals surface area contributed by atoms with Gasteiger partial charge in [0.05, 0.1) is 0 Å². The number of rotatable bonds is 1. The van der Waals surface area contributed by atoms with Crippen molar-refractivity contribution in [3.05, 3.63) is 25.8 Å². The molecule has 1 aromatic rings. The van der Waals surface area contributed by atoms with Crippen molar-refractivity contribution in [3.63, 3.8) is 0 Å². The van der Waals surface area contributed by atoms with Gasteiger partial charge >= 0.3 is 6.36 Å². The van der Waals surface area contributed by atoms with Crippen LogP contribution in [0.3, 0.4) is 0 Å². The Morgan fingerprint density at radius 2 is 2.00 bits per heavy atom. The van der Waals surface area contributed by atoms with Crippen molar-refractivity contribution in [2.24, 2.45) is 0 Å². The number of hydrogen-bond donors (Lipinski definition) is 1. The van der Waals surface area contributed by atoms with Crippen LogP contribution in [0.5, 0.6) is 5.88 Å². The van der Waals surface area contributed by atoms with Gasteiger partial charge in [0.15, 0.2) is 5.82 Å². The zero-order valence-corrected chi connectivity index (χ0v) is 8.44. The van der Waals surface area contributed by atoms with E-state index in [2.05, 4.69) is 4.74 Å². The highest BCUT2D eigenvalue weighted by molar-refractivity contribution is 14.1. The first-order valence-electron chi connectivity index (χ1n) is 3.13. The van der Waals surface area contributed by atoms with Crippen LogP contribution in [-0.2, 0) is 0 Å². The zero-order valence-electron chi connectivity index (χ0n) is 6.28. The third-order valence-corrected chi connectivity index (χ3v) is 1.87. The van der Waals surface area contributed by atoms with Crippen LogP contribution in [0.4, 0.5) is 17.6 Å². The predicted octanol–water partition coefficient (Wildman–Crippen LogP) is 2.02. The molecule has 78 valence electrons. The van der Waals surface area contributed by atoms with Gasteiger partial charge in [0, 0.05) is 6.07 Å². The van der Waals surface area contributed by atoms with E-state index in [0.717, 1.165) is 0 Å². The molecule has 0 unspecified atom stereocenters. The smallest absolute Gasteiger partial charge is 0.390 e. The molecule has 3 nitrogen and oxygen atoms in total. The normalized spacial score (nSPS) is 11.5. The molecule has 0 aliphatic carbocycles. The number of nitrogens with one attached hydrogen (secondary N) is 1. The van der Waals surface area contributed by atoms with E-state index in [1.165, 1.54) is 22.6 Å². The molecule has 0 spiro atoms. The minimum atomic E-state index is -4.91. The Balaban J connectivity index is 3.08. The molecule has 0 aliphatic rings. The van der Waals surface area contributed by atoms with E-state index in [4.69, 9.17) is 0 Å². The second-order valence-corrected chi connectivity index (χ2v) is 3.25. The number of aromatic nitrogens is 1. The third-order valence-electron chi connectivity index (χ3n) is 1.13. The van der Waals surface area contributed by atoms with Crippen LogP contribution in [0.15, 0.2) is 10.9 Å². The first kappa shape index (κ1) is 11.3. The number of H-pyrrole nitrogens is 1. The topological polar surface area (TPSA) is 42.1 Å². The van der Waals surface area contributed by atoms with E-state index in [1.807, 2.05) is 4.98 Å². The average Bonchev–Trinajstić information content (AvgIpc) is 1.96. The van der Waals surface area contributed by atoms with E-state index in [0.29, 0.717) is 6.07 Å². The molecule has 0 radical (unpaired) electrons.